The Balaban J connectivity index is 1.75. The summed E-state index contributed by atoms with van der Waals surface area (Å²) < 4.78 is 7.42. The number of hydrogen-bond acceptors (Lipinski definition) is 3. The van der Waals surface area contributed by atoms with E-state index in [0.717, 1.165) is 19.6 Å². The first-order valence-corrected chi connectivity index (χ1v) is 9.77. The van der Waals surface area contributed by atoms with Crippen LogP contribution in [0.15, 0.2) is 72.9 Å². The smallest absolute Gasteiger partial charge is 0.0900 e. The second kappa shape index (κ2) is 10.2. The highest BCUT2D eigenvalue weighted by molar-refractivity contribution is 5.26. The Bertz CT molecular complexity index is 845. The van der Waals surface area contributed by atoms with Crippen molar-refractivity contribution in [2.45, 2.75) is 32.7 Å². The van der Waals surface area contributed by atoms with Gasteiger partial charge >= 0.3 is 0 Å². The first-order valence-electron chi connectivity index (χ1n) is 9.77. The minimum Gasteiger partial charge on any atom is -0.389 e. The predicted octanol–water partition coefficient (Wildman–Crippen LogP) is 3.85. The Kier molecular flexibility index (Phi) is 7.43. The average Bonchev–Trinajstić information content (AvgIpc) is 3.11. The Morgan fingerprint density at radius 2 is 1.71 bits per heavy atom. The third kappa shape index (κ3) is 5.80. The van der Waals surface area contributed by atoms with E-state index in [9.17, 15) is 5.11 Å². The van der Waals surface area contributed by atoms with Gasteiger partial charge in [-0.3, -0.25) is 4.90 Å². The molecule has 0 amide bonds. The first kappa shape index (κ1) is 20.3. The number of ether oxygens (including phenoxy) is 1. The van der Waals surface area contributed by atoms with Gasteiger partial charge in [-0.1, -0.05) is 54.6 Å². The molecule has 0 fully saturated rings. The molecule has 0 spiro atoms. The molecule has 3 aromatic rings. The van der Waals surface area contributed by atoms with E-state index in [2.05, 4.69) is 83.3 Å². The number of aliphatic hydroxyl groups is 1. The van der Waals surface area contributed by atoms with Gasteiger partial charge in [-0.15, -0.1) is 0 Å². The Morgan fingerprint density at radius 3 is 2.46 bits per heavy atom. The highest BCUT2D eigenvalue weighted by Crippen LogP contribution is 2.15. The SMILES string of the molecule is COC[C@H](O)CN(Cc1ccccc1)Cc1cccn1Cc1ccccc1C. The van der Waals surface area contributed by atoms with Crippen molar-refractivity contribution < 1.29 is 9.84 Å². The summed E-state index contributed by atoms with van der Waals surface area (Å²) in [5, 5.41) is 10.3. The summed E-state index contributed by atoms with van der Waals surface area (Å²) in [4.78, 5) is 2.28. The topological polar surface area (TPSA) is 37.6 Å². The van der Waals surface area contributed by atoms with E-state index in [1.807, 2.05) is 6.07 Å². The first-order chi connectivity index (χ1) is 13.7. The summed E-state index contributed by atoms with van der Waals surface area (Å²) in [6.45, 7) is 5.48. The largest absolute Gasteiger partial charge is 0.389 e. The summed E-state index contributed by atoms with van der Waals surface area (Å²) in [6, 6.07) is 23.2. The standard InChI is InChI=1S/C24H30N2O2/c1-20-9-6-7-12-22(20)16-26-14-8-13-23(26)17-25(18-24(27)19-28-2)15-21-10-4-3-5-11-21/h3-14,24,27H,15-19H2,1-2H3/t24-/m1/s1. The van der Waals surface area contributed by atoms with Gasteiger partial charge in [0.25, 0.3) is 0 Å². The van der Waals surface area contributed by atoms with Crippen molar-refractivity contribution in [2.75, 3.05) is 20.3 Å². The van der Waals surface area contributed by atoms with Gasteiger partial charge in [0.05, 0.1) is 12.7 Å². The van der Waals surface area contributed by atoms with Gasteiger partial charge in [0, 0.05) is 45.2 Å². The van der Waals surface area contributed by atoms with Gasteiger partial charge in [0.15, 0.2) is 0 Å². The quantitative estimate of drug-likeness (QED) is 0.582. The lowest BCUT2D eigenvalue weighted by Gasteiger charge is -2.26. The molecule has 0 aliphatic carbocycles. The lowest BCUT2D eigenvalue weighted by atomic mass is 10.1. The lowest BCUT2D eigenvalue weighted by Crippen LogP contribution is -2.34. The highest BCUT2D eigenvalue weighted by Gasteiger charge is 2.15. The normalized spacial score (nSPS) is 12.4. The fourth-order valence-corrected chi connectivity index (χ4v) is 3.52. The Hall–Kier alpha value is -2.40. The molecule has 0 unspecified atom stereocenters. The van der Waals surface area contributed by atoms with Crippen LogP contribution in [0.1, 0.15) is 22.4 Å². The minimum absolute atomic E-state index is 0.343. The van der Waals surface area contributed by atoms with Crippen molar-refractivity contribution in [3.63, 3.8) is 0 Å². The van der Waals surface area contributed by atoms with E-state index in [4.69, 9.17) is 4.74 Å². The summed E-state index contributed by atoms with van der Waals surface area (Å²) >= 11 is 0. The van der Waals surface area contributed by atoms with Crippen LogP contribution in [0.25, 0.3) is 0 Å². The number of rotatable bonds is 10. The van der Waals surface area contributed by atoms with E-state index in [1.54, 1.807) is 7.11 Å². The molecule has 1 N–H and O–H groups in total. The molecule has 0 aliphatic rings. The van der Waals surface area contributed by atoms with Crippen LogP contribution in [-0.2, 0) is 24.4 Å². The zero-order valence-electron chi connectivity index (χ0n) is 16.8. The third-order valence-corrected chi connectivity index (χ3v) is 4.99. The van der Waals surface area contributed by atoms with Crippen LogP contribution in [-0.4, -0.2) is 40.9 Å². The molecule has 0 saturated heterocycles. The monoisotopic (exact) mass is 378 g/mol. The number of aromatic nitrogens is 1. The highest BCUT2D eigenvalue weighted by atomic mass is 16.5. The summed E-state index contributed by atoms with van der Waals surface area (Å²) in [7, 11) is 1.62. The zero-order valence-corrected chi connectivity index (χ0v) is 16.8. The van der Waals surface area contributed by atoms with Gasteiger partial charge in [-0.25, -0.2) is 0 Å². The van der Waals surface area contributed by atoms with E-state index in [-0.39, 0.29) is 0 Å². The van der Waals surface area contributed by atoms with Crippen LogP contribution in [0.4, 0.5) is 0 Å². The molecule has 3 rings (SSSR count). The molecule has 4 nitrogen and oxygen atoms in total. The van der Waals surface area contributed by atoms with Crippen molar-refractivity contribution in [1.82, 2.24) is 9.47 Å². The molecule has 1 heterocycles. The minimum atomic E-state index is -0.506. The molecule has 0 radical (unpaired) electrons. The van der Waals surface area contributed by atoms with Crippen LogP contribution in [0.2, 0.25) is 0 Å². The number of nitrogens with zero attached hydrogens (tertiary/aromatic N) is 2. The molecule has 148 valence electrons. The molecule has 1 aromatic heterocycles. The van der Waals surface area contributed by atoms with Crippen LogP contribution >= 0.6 is 0 Å². The van der Waals surface area contributed by atoms with Crippen LogP contribution < -0.4 is 0 Å². The van der Waals surface area contributed by atoms with Gasteiger partial charge in [-0.2, -0.15) is 0 Å². The van der Waals surface area contributed by atoms with E-state index in [1.165, 1.54) is 22.4 Å². The third-order valence-electron chi connectivity index (χ3n) is 4.99. The molecule has 0 bridgehead atoms. The molecular weight excluding hydrogens is 348 g/mol. The molecule has 0 aliphatic heterocycles. The van der Waals surface area contributed by atoms with Gasteiger partial charge < -0.3 is 14.4 Å². The maximum absolute atomic E-state index is 10.3. The Morgan fingerprint density at radius 1 is 0.964 bits per heavy atom. The lowest BCUT2D eigenvalue weighted by molar-refractivity contribution is 0.0333. The van der Waals surface area contributed by atoms with Gasteiger partial charge in [0.1, 0.15) is 0 Å². The van der Waals surface area contributed by atoms with E-state index < -0.39 is 6.10 Å². The molecular formula is C24H30N2O2. The van der Waals surface area contributed by atoms with Crippen LogP contribution in [0, 0.1) is 6.92 Å². The summed E-state index contributed by atoms with van der Waals surface area (Å²) in [5.41, 5.74) is 5.11. The van der Waals surface area contributed by atoms with Crippen molar-refractivity contribution in [3.8, 4) is 0 Å². The fraction of sp³-hybridized carbons (Fsp3) is 0.333. The molecule has 2 aromatic carbocycles. The van der Waals surface area contributed by atoms with E-state index >= 15 is 0 Å². The van der Waals surface area contributed by atoms with Crippen molar-refractivity contribution >= 4 is 0 Å². The zero-order chi connectivity index (χ0) is 19.8. The average molecular weight is 379 g/mol. The number of aliphatic hydroxyl groups excluding tert-OH is 1. The second-order valence-corrected chi connectivity index (χ2v) is 7.32. The number of hydrogen-bond donors (Lipinski definition) is 1. The molecule has 0 saturated carbocycles. The van der Waals surface area contributed by atoms with E-state index in [0.29, 0.717) is 13.2 Å². The molecule has 4 heteroatoms. The molecule has 1 atom stereocenters. The van der Waals surface area contributed by atoms with Gasteiger partial charge in [0.2, 0.25) is 0 Å². The van der Waals surface area contributed by atoms with Crippen LogP contribution in [0.3, 0.4) is 0 Å². The predicted molar refractivity (Wildman–Crippen MR) is 113 cm³/mol. The van der Waals surface area contributed by atoms with Crippen molar-refractivity contribution in [1.29, 1.82) is 0 Å². The number of aryl methyl sites for hydroxylation is 1. The number of methoxy groups -OCH3 is 1. The maximum atomic E-state index is 10.3. The second-order valence-electron chi connectivity index (χ2n) is 7.32. The fourth-order valence-electron chi connectivity index (χ4n) is 3.52. The summed E-state index contributed by atoms with van der Waals surface area (Å²) in [6.07, 6.45) is 1.63. The maximum Gasteiger partial charge on any atom is 0.0900 e. The van der Waals surface area contributed by atoms with Crippen LogP contribution in [0.5, 0.6) is 0 Å². The van der Waals surface area contributed by atoms with Gasteiger partial charge in [-0.05, 0) is 35.7 Å². The Labute approximate surface area is 168 Å². The molecule has 28 heavy (non-hydrogen) atoms. The summed E-state index contributed by atoms with van der Waals surface area (Å²) in [5.74, 6) is 0. The van der Waals surface area contributed by atoms with Crippen molar-refractivity contribution in [3.05, 3.63) is 95.3 Å². The van der Waals surface area contributed by atoms with Crippen molar-refractivity contribution in [2.24, 2.45) is 0 Å². The number of benzene rings is 2.